The van der Waals surface area contributed by atoms with Gasteiger partial charge in [-0.1, -0.05) is 12.8 Å². The summed E-state index contributed by atoms with van der Waals surface area (Å²) >= 11 is 0. The van der Waals surface area contributed by atoms with E-state index in [0.29, 0.717) is 6.54 Å². The summed E-state index contributed by atoms with van der Waals surface area (Å²) in [5, 5.41) is 3.44. The molecule has 2 fully saturated rings. The van der Waals surface area contributed by atoms with Crippen LogP contribution in [0.4, 0.5) is 0 Å². The van der Waals surface area contributed by atoms with E-state index in [1.54, 1.807) is 0 Å². The lowest BCUT2D eigenvalue weighted by molar-refractivity contribution is -0.130. The van der Waals surface area contributed by atoms with Gasteiger partial charge in [-0.05, 0) is 32.6 Å². The van der Waals surface area contributed by atoms with Crippen molar-refractivity contribution in [2.24, 2.45) is 0 Å². The van der Waals surface area contributed by atoms with Gasteiger partial charge in [0.05, 0.1) is 12.2 Å². The lowest BCUT2D eigenvalue weighted by atomic mass is 10.00. The average molecular weight is 196 g/mol. The molecule has 1 heterocycles. The van der Waals surface area contributed by atoms with Crippen molar-refractivity contribution in [1.29, 1.82) is 0 Å². The zero-order valence-corrected chi connectivity index (χ0v) is 9.01. The molecule has 1 amide bonds. The summed E-state index contributed by atoms with van der Waals surface area (Å²) in [4.78, 5) is 13.7. The summed E-state index contributed by atoms with van der Waals surface area (Å²) in [7, 11) is 0. The van der Waals surface area contributed by atoms with E-state index < -0.39 is 0 Å². The van der Waals surface area contributed by atoms with E-state index in [9.17, 15) is 4.79 Å². The van der Waals surface area contributed by atoms with Crippen molar-refractivity contribution in [3.8, 4) is 0 Å². The molecular formula is C11H20N2O. The SMILES string of the molecule is CCN1C(=O)CNC12CCCCCC2. The highest BCUT2D eigenvalue weighted by atomic mass is 16.2. The van der Waals surface area contributed by atoms with Gasteiger partial charge in [0, 0.05) is 6.54 Å². The van der Waals surface area contributed by atoms with Crippen LogP contribution in [0.15, 0.2) is 0 Å². The monoisotopic (exact) mass is 196 g/mol. The van der Waals surface area contributed by atoms with Crippen LogP contribution in [0.5, 0.6) is 0 Å². The second-order valence-corrected chi connectivity index (χ2v) is 4.44. The minimum absolute atomic E-state index is 0.0301. The lowest BCUT2D eigenvalue weighted by Crippen LogP contribution is -2.51. The molecule has 1 saturated carbocycles. The van der Waals surface area contributed by atoms with E-state index in [-0.39, 0.29) is 11.6 Å². The van der Waals surface area contributed by atoms with Gasteiger partial charge in [-0.25, -0.2) is 0 Å². The van der Waals surface area contributed by atoms with Gasteiger partial charge >= 0.3 is 0 Å². The zero-order chi connectivity index (χ0) is 10.0. The van der Waals surface area contributed by atoms with E-state index in [2.05, 4.69) is 17.1 Å². The van der Waals surface area contributed by atoms with Crippen molar-refractivity contribution in [2.75, 3.05) is 13.1 Å². The van der Waals surface area contributed by atoms with Gasteiger partial charge in [0.2, 0.25) is 5.91 Å². The number of nitrogens with one attached hydrogen (secondary N) is 1. The highest BCUT2D eigenvalue weighted by Gasteiger charge is 2.43. The highest BCUT2D eigenvalue weighted by Crippen LogP contribution is 2.32. The average Bonchev–Trinajstić information content (AvgIpc) is 2.39. The standard InChI is InChI=1S/C11H20N2O/c1-2-13-10(14)9-12-11(13)7-5-3-4-6-8-11/h12H,2-9H2,1H3. The molecule has 0 aromatic carbocycles. The fourth-order valence-corrected chi connectivity index (χ4v) is 2.91. The van der Waals surface area contributed by atoms with Crippen molar-refractivity contribution in [3.05, 3.63) is 0 Å². The number of carbonyl (C=O) groups is 1. The third-order valence-electron chi connectivity index (χ3n) is 3.63. The molecule has 2 aliphatic rings. The van der Waals surface area contributed by atoms with Gasteiger partial charge in [-0.15, -0.1) is 0 Å². The predicted molar refractivity (Wildman–Crippen MR) is 55.8 cm³/mol. The topological polar surface area (TPSA) is 32.3 Å². The van der Waals surface area contributed by atoms with Crippen LogP contribution >= 0.6 is 0 Å². The Morgan fingerprint density at radius 3 is 2.50 bits per heavy atom. The number of rotatable bonds is 1. The van der Waals surface area contributed by atoms with E-state index in [0.717, 1.165) is 19.4 Å². The van der Waals surface area contributed by atoms with Crippen LogP contribution in [-0.2, 0) is 4.79 Å². The van der Waals surface area contributed by atoms with Crippen LogP contribution in [0.2, 0.25) is 0 Å². The van der Waals surface area contributed by atoms with Gasteiger partial charge in [0.15, 0.2) is 0 Å². The second-order valence-electron chi connectivity index (χ2n) is 4.44. The van der Waals surface area contributed by atoms with Crippen molar-refractivity contribution in [2.45, 2.75) is 51.1 Å². The Bertz CT molecular complexity index is 219. The van der Waals surface area contributed by atoms with Crippen molar-refractivity contribution in [3.63, 3.8) is 0 Å². The normalized spacial score (nSPS) is 26.9. The molecule has 0 bridgehead atoms. The number of hydrogen-bond donors (Lipinski definition) is 1. The summed E-state index contributed by atoms with van der Waals surface area (Å²) in [6.45, 7) is 3.48. The van der Waals surface area contributed by atoms with Crippen LogP contribution in [0, 0.1) is 0 Å². The third kappa shape index (κ3) is 1.54. The Morgan fingerprint density at radius 2 is 1.93 bits per heavy atom. The molecular weight excluding hydrogens is 176 g/mol. The first kappa shape index (κ1) is 9.97. The minimum Gasteiger partial charge on any atom is -0.324 e. The smallest absolute Gasteiger partial charge is 0.238 e. The first-order chi connectivity index (χ1) is 6.78. The first-order valence-electron chi connectivity index (χ1n) is 5.84. The maximum atomic E-state index is 11.7. The van der Waals surface area contributed by atoms with E-state index >= 15 is 0 Å². The zero-order valence-electron chi connectivity index (χ0n) is 9.01. The number of nitrogens with zero attached hydrogens (tertiary/aromatic N) is 1. The molecule has 14 heavy (non-hydrogen) atoms. The summed E-state index contributed by atoms with van der Waals surface area (Å²) < 4.78 is 0. The van der Waals surface area contributed by atoms with Crippen LogP contribution in [0.3, 0.4) is 0 Å². The van der Waals surface area contributed by atoms with Gasteiger partial charge in [0.25, 0.3) is 0 Å². The molecule has 1 N–H and O–H groups in total. The fourth-order valence-electron chi connectivity index (χ4n) is 2.91. The Morgan fingerprint density at radius 1 is 1.29 bits per heavy atom. The Hall–Kier alpha value is -0.570. The van der Waals surface area contributed by atoms with Crippen LogP contribution in [-0.4, -0.2) is 29.6 Å². The highest BCUT2D eigenvalue weighted by molar-refractivity contribution is 5.81. The predicted octanol–water partition coefficient (Wildman–Crippen LogP) is 1.49. The number of amides is 1. The molecule has 0 atom stereocenters. The van der Waals surface area contributed by atoms with Crippen molar-refractivity contribution >= 4 is 5.91 Å². The summed E-state index contributed by atoms with van der Waals surface area (Å²) in [5.74, 6) is 0.286. The largest absolute Gasteiger partial charge is 0.324 e. The summed E-state index contributed by atoms with van der Waals surface area (Å²) in [5.41, 5.74) is 0.0301. The van der Waals surface area contributed by atoms with Gasteiger partial charge in [-0.3, -0.25) is 10.1 Å². The van der Waals surface area contributed by atoms with E-state index in [1.165, 1.54) is 25.7 Å². The summed E-state index contributed by atoms with van der Waals surface area (Å²) in [6, 6.07) is 0. The molecule has 0 unspecified atom stereocenters. The van der Waals surface area contributed by atoms with Crippen molar-refractivity contribution < 1.29 is 4.79 Å². The molecule has 3 heteroatoms. The summed E-state index contributed by atoms with van der Waals surface area (Å²) in [6.07, 6.45) is 7.47. The Kier molecular flexibility index (Phi) is 2.77. The molecule has 80 valence electrons. The molecule has 3 nitrogen and oxygen atoms in total. The third-order valence-corrected chi connectivity index (χ3v) is 3.63. The van der Waals surface area contributed by atoms with Gasteiger partial charge in [-0.2, -0.15) is 0 Å². The number of likely N-dealkylation sites (N-methyl/N-ethyl adjacent to an activating group) is 1. The molecule has 1 spiro atoms. The minimum atomic E-state index is 0.0301. The molecule has 0 aromatic heterocycles. The Labute approximate surface area is 85.8 Å². The quantitative estimate of drug-likeness (QED) is 0.689. The van der Waals surface area contributed by atoms with E-state index in [1.807, 2.05) is 0 Å². The van der Waals surface area contributed by atoms with Gasteiger partial charge in [0.1, 0.15) is 0 Å². The maximum absolute atomic E-state index is 11.7. The van der Waals surface area contributed by atoms with E-state index in [4.69, 9.17) is 0 Å². The molecule has 1 aliphatic carbocycles. The van der Waals surface area contributed by atoms with Crippen LogP contribution in [0.1, 0.15) is 45.4 Å². The molecule has 0 aromatic rings. The molecule has 2 rings (SSSR count). The number of carbonyl (C=O) groups excluding carboxylic acids is 1. The van der Waals surface area contributed by atoms with Crippen LogP contribution < -0.4 is 5.32 Å². The second kappa shape index (κ2) is 3.89. The van der Waals surface area contributed by atoms with Crippen LogP contribution in [0.25, 0.3) is 0 Å². The van der Waals surface area contributed by atoms with Gasteiger partial charge < -0.3 is 4.90 Å². The molecule has 1 aliphatic heterocycles. The lowest BCUT2D eigenvalue weighted by Gasteiger charge is -2.37. The first-order valence-corrected chi connectivity index (χ1v) is 5.84. The molecule has 1 saturated heterocycles. The van der Waals surface area contributed by atoms with Crippen molar-refractivity contribution in [1.82, 2.24) is 10.2 Å². The fraction of sp³-hybridized carbons (Fsp3) is 0.909. The Balaban J connectivity index is 2.15. The maximum Gasteiger partial charge on any atom is 0.238 e. The number of hydrogen-bond acceptors (Lipinski definition) is 2. The molecule has 0 radical (unpaired) electrons.